The first-order valence-electron chi connectivity index (χ1n) is 5.35. The number of halogens is 1. The molecule has 0 aliphatic rings. The fourth-order valence-corrected chi connectivity index (χ4v) is 1.50. The van der Waals surface area contributed by atoms with Crippen LogP contribution >= 0.6 is 11.6 Å². The third-order valence-electron chi connectivity index (χ3n) is 2.28. The van der Waals surface area contributed by atoms with E-state index in [1.165, 1.54) is 5.56 Å². The van der Waals surface area contributed by atoms with Gasteiger partial charge in [-0.15, -0.1) is 0 Å². The molecule has 0 heterocycles. The summed E-state index contributed by atoms with van der Waals surface area (Å²) in [6.07, 6.45) is 0. The van der Waals surface area contributed by atoms with Crippen LogP contribution in [0, 0.1) is 6.92 Å². The van der Waals surface area contributed by atoms with E-state index in [2.05, 4.69) is 0 Å². The number of aryl methyl sites for hydroxylation is 1. The lowest BCUT2D eigenvalue weighted by Gasteiger charge is -2.06. The lowest BCUT2D eigenvalue weighted by atomic mass is 10.2. The summed E-state index contributed by atoms with van der Waals surface area (Å²) in [6.45, 7) is 2.01. The molecule has 0 amide bonds. The molecule has 2 rings (SSSR count). The zero-order valence-electron chi connectivity index (χ0n) is 9.72. The van der Waals surface area contributed by atoms with Crippen molar-refractivity contribution in [2.75, 3.05) is 0 Å². The first-order valence-corrected chi connectivity index (χ1v) is 5.73. The second-order valence-electron chi connectivity index (χ2n) is 3.73. The van der Waals surface area contributed by atoms with Gasteiger partial charge in [0.15, 0.2) is 0 Å². The molecule has 0 aliphatic carbocycles. The summed E-state index contributed by atoms with van der Waals surface area (Å²) in [5.41, 5.74) is 0.314. The van der Waals surface area contributed by atoms with Crippen molar-refractivity contribution in [1.29, 1.82) is 0 Å². The summed E-state index contributed by atoms with van der Waals surface area (Å²) in [6, 6.07) is 14.4. The molecule has 0 unspecified atom stereocenters. The Morgan fingerprint density at radius 2 is 1.33 bits per heavy atom. The summed E-state index contributed by atoms with van der Waals surface area (Å²) in [5, 5.41) is 0. The van der Waals surface area contributed by atoms with E-state index in [0.717, 1.165) is 5.75 Å². The SMILES string of the molecule is Cc1ccc(Oc2ccc(OC(=O)Cl)cc2)cc1. The molecular weight excluding hydrogens is 252 g/mol. The molecule has 0 bridgehead atoms. The number of hydrogen-bond donors (Lipinski definition) is 0. The number of carbonyl (C=O) groups is 1. The zero-order valence-corrected chi connectivity index (χ0v) is 10.5. The molecule has 0 atom stereocenters. The highest BCUT2D eigenvalue weighted by Gasteiger charge is 2.01. The molecular formula is C14H11ClO3. The maximum absolute atomic E-state index is 10.5. The van der Waals surface area contributed by atoms with Crippen LogP contribution in [0.5, 0.6) is 17.2 Å². The van der Waals surface area contributed by atoms with Gasteiger partial charge >= 0.3 is 5.43 Å². The minimum Gasteiger partial charge on any atom is -0.457 e. The van der Waals surface area contributed by atoms with E-state index in [0.29, 0.717) is 11.5 Å². The molecule has 4 heteroatoms. The topological polar surface area (TPSA) is 35.5 Å². The maximum atomic E-state index is 10.5. The van der Waals surface area contributed by atoms with Gasteiger partial charge in [0.05, 0.1) is 0 Å². The van der Waals surface area contributed by atoms with Gasteiger partial charge in [-0.05, 0) is 43.3 Å². The van der Waals surface area contributed by atoms with Crippen LogP contribution in [0.4, 0.5) is 4.79 Å². The fourth-order valence-electron chi connectivity index (χ4n) is 1.41. The molecule has 0 spiro atoms. The monoisotopic (exact) mass is 262 g/mol. The predicted octanol–water partition coefficient (Wildman–Crippen LogP) is 4.52. The normalized spacial score (nSPS) is 9.89. The summed E-state index contributed by atoms with van der Waals surface area (Å²) < 4.78 is 10.3. The van der Waals surface area contributed by atoms with Crippen molar-refractivity contribution in [3.05, 3.63) is 54.1 Å². The molecule has 0 fully saturated rings. The Labute approximate surface area is 110 Å². The number of rotatable bonds is 3. The largest absolute Gasteiger partial charge is 0.457 e. The predicted molar refractivity (Wildman–Crippen MR) is 69.6 cm³/mol. The quantitative estimate of drug-likeness (QED) is 0.763. The molecule has 92 valence electrons. The van der Waals surface area contributed by atoms with E-state index >= 15 is 0 Å². The Morgan fingerprint density at radius 3 is 1.83 bits per heavy atom. The number of ether oxygens (including phenoxy) is 2. The van der Waals surface area contributed by atoms with E-state index in [4.69, 9.17) is 21.1 Å². The van der Waals surface area contributed by atoms with E-state index < -0.39 is 5.43 Å². The Kier molecular flexibility index (Phi) is 3.85. The standard InChI is InChI=1S/C14H11ClO3/c1-10-2-4-11(5-3-10)17-12-6-8-13(9-7-12)18-14(15)16/h2-9H,1H3. The lowest BCUT2D eigenvalue weighted by molar-refractivity contribution is 0.225. The van der Waals surface area contributed by atoms with Crippen LogP contribution in [0.15, 0.2) is 48.5 Å². The number of hydrogen-bond acceptors (Lipinski definition) is 3. The van der Waals surface area contributed by atoms with Crippen molar-refractivity contribution in [3.8, 4) is 17.2 Å². The molecule has 0 radical (unpaired) electrons. The number of carbonyl (C=O) groups excluding carboxylic acids is 1. The van der Waals surface area contributed by atoms with Gasteiger partial charge in [-0.2, -0.15) is 0 Å². The second kappa shape index (κ2) is 5.56. The second-order valence-corrected chi connectivity index (χ2v) is 4.03. The van der Waals surface area contributed by atoms with Gasteiger partial charge in [0, 0.05) is 11.6 Å². The fraction of sp³-hybridized carbons (Fsp3) is 0.0714. The van der Waals surface area contributed by atoms with Gasteiger partial charge in [-0.1, -0.05) is 17.7 Å². The van der Waals surface area contributed by atoms with Crippen molar-refractivity contribution >= 4 is 17.0 Å². The molecule has 2 aromatic carbocycles. The van der Waals surface area contributed by atoms with Crippen molar-refractivity contribution in [2.45, 2.75) is 6.92 Å². The van der Waals surface area contributed by atoms with Gasteiger partial charge in [-0.25, -0.2) is 4.79 Å². The van der Waals surface area contributed by atoms with Crippen molar-refractivity contribution in [3.63, 3.8) is 0 Å². The summed E-state index contributed by atoms with van der Waals surface area (Å²) >= 11 is 5.10. The summed E-state index contributed by atoms with van der Waals surface area (Å²) in [5.74, 6) is 1.79. The van der Waals surface area contributed by atoms with Crippen LogP contribution in [0.25, 0.3) is 0 Å². The van der Waals surface area contributed by atoms with Gasteiger partial charge in [0.25, 0.3) is 0 Å². The Balaban J connectivity index is 2.06. The van der Waals surface area contributed by atoms with Gasteiger partial charge in [0.2, 0.25) is 0 Å². The average Bonchev–Trinajstić information content (AvgIpc) is 2.34. The molecule has 0 N–H and O–H groups in total. The van der Waals surface area contributed by atoms with E-state index in [9.17, 15) is 4.79 Å². The van der Waals surface area contributed by atoms with Crippen molar-refractivity contribution < 1.29 is 14.3 Å². The Hall–Kier alpha value is -2.00. The van der Waals surface area contributed by atoms with E-state index in [1.807, 2.05) is 31.2 Å². The van der Waals surface area contributed by atoms with Crippen LogP contribution in [-0.4, -0.2) is 5.43 Å². The van der Waals surface area contributed by atoms with E-state index in [-0.39, 0.29) is 0 Å². The van der Waals surface area contributed by atoms with Crippen molar-refractivity contribution in [2.24, 2.45) is 0 Å². The molecule has 0 aromatic heterocycles. The molecule has 0 saturated carbocycles. The summed E-state index contributed by atoms with van der Waals surface area (Å²) in [4.78, 5) is 10.5. The first-order chi connectivity index (χ1) is 8.63. The first kappa shape index (κ1) is 12.5. The average molecular weight is 263 g/mol. The van der Waals surface area contributed by atoms with Crippen molar-refractivity contribution in [1.82, 2.24) is 0 Å². The molecule has 3 nitrogen and oxygen atoms in total. The molecule has 18 heavy (non-hydrogen) atoms. The molecule has 0 saturated heterocycles. The Morgan fingerprint density at radius 1 is 0.889 bits per heavy atom. The van der Waals surface area contributed by atoms with Gasteiger partial charge in [-0.3, -0.25) is 0 Å². The van der Waals surface area contributed by atoms with E-state index in [1.54, 1.807) is 24.3 Å². The highest BCUT2D eigenvalue weighted by molar-refractivity contribution is 6.61. The molecule has 0 aliphatic heterocycles. The highest BCUT2D eigenvalue weighted by atomic mass is 35.5. The minimum atomic E-state index is -0.859. The molecule has 2 aromatic rings. The summed E-state index contributed by atoms with van der Waals surface area (Å²) in [7, 11) is 0. The number of benzene rings is 2. The third kappa shape index (κ3) is 3.50. The Bertz CT molecular complexity index is 532. The van der Waals surface area contributed by atoms with Crippen LogP contribution in [0.3, 0.4) is 0 Å². The van der Waals surface area contributed by atoms with Gasteiger partial charge < -0.3 is 9.47 Å². The lowest BCUT2D eigenvalue weighted by Crippen LogP contribution is -1.95. The van der Waals surface area contributed by atoms with Gasteiger partial charge in [0.1, 0.15) is 17.2 Å². The van der Waals surface area contributed by atoms with Crippen LogP contribution in [-0.2, 0) is 0 Å². The highest BCUT2D eigenvalue weighted by Crippen LogP contribution is 2.24. The smallest absolute Gasteiger partial charge is 0.409 e. The van der Waals surface area contributed by atoms with Crippen LogP contribution in [0.1, 0.15) is 5.56 Å². The zero-order chi connectivity index (χ0) is 13.0. The maximum Gasteiger partial charge on any atom is 0.409 e. The van der Waals surface area contributed by atoms with Crippen LogP contribution < -0.4 is 9.47 Å². The van der Waals surface area contributed by atoms with Crippen LogP contribution in [0.2, 0.25) is 0 Å². The third-order valence-corrected chi connectivity index (χ3v) is 2.36. The minimum absolute atomic E-state index is 0.381.